The highest BCUT2D eigenvalue weighted by molar-refractivity contribution is 7.13. The van der Waals surface area contributed by atoms with Gasteiger partial charge < -0.3 is 9.47 Å². The van der Waals surface area contributed by atoms with Crippen LogP contribution in [-0.4, -0.2) is 44.8 Å². The molecular formula is C19H22N6OS2. The van der Waals surface area contributed by atoms with E-state index in [4.69, 9.17) is 0 Å². The van der Waals surface area contributed by atoms with Crippen molar-refractivity contribution >= 4 is 27.8 Å². The van der Waals surface area contributed by atoms with Crippen molar-refractivity contribution in [2.24, 2.45) is 5.92 Å². The maximum Gasteiger partial charge on any atom is 0.255 e. The molecule has 0 spiro atoms. The number of hydrogen-bond donors (Lipinski definition) is 0. The van der Waals surface area contributed by atoms with Crippen molar-refractivity contribution in [2.45, 2.75) is 32.0 Å². The van der Waals surface area contributed by atoms with E-state index in [1.54, 1.807) is 28.2 Å². The van der Waals surface area contributed by atoms with Gasteiger partial charge in [0.05, 0.1) is 11.2 Å². The lowest BCUT2D eigenvalue weighted by atomic mass is 9.83. The predicted molar refractivity (Wildman–Crippen MR) is 111 cm³/mol. The number of piperidine rings is 1. The van der Waals surface area contributed by atoms with Gasteiger partial charge in [-0.25, -0.2) is 4.98 Å². The Bertz CT molecular complexity index is 1000. The van der Waals surface area contributed by atoms with E-state index in [1.807, 2.05) is 23.2 Å². The van der Waals surface area contributed by atoms with Crippen LogP contribution < -0.4 is 10.5 Å². The number of nitrogens with zero attached hydrogens (tertiary/aromatic N) is 6. The number of hydrogen-bond acceptors (Lipinski definition) is 8. The maximum absolute atomic E-state index is 13.2. The third kappa shape index (κ3) is 3.38. The van der Waals surface area contributed by atoms with Gasteiger partial charge in [0.25, 0.3) is 5.56 Å². The van der Waals surface area contributed by atoms with Gasteiger partial charge in [0, 0.05) is 55.3 Å². The van der Waals surface area contributed by atoms with Crippen LogP contribution in [0, 0.1) is 5.92 Å². The molecule has 5 heterocycles. The number of rotatable bonds is 5. The number of pyridine rings is 1. The normalized spacial score (nSPS) is 21.1. The predicted octanol–water partition coefficient (Wildman–Crippen LogP) is 2.41. The lowest BCUT2D eigenvalue weighted by molar-refractivity contribution is 0.276. The first kappa shape index (κ1) is 18.0. The molecule has 7 nitrogen and oxygen atoms in total. The minimum atomic E-state index is 0.168. The highest BCUT2D eigenvalue weighted by atomic mass is 32.1. The topological polar surface area (TPSA) is 67.2 Å². The highest BCUT2D eigenvalue weighted by Crippen LogP contribution is 2.37. The molecule has 146 valence electrons. The van der Waals surface area contributed by atoms with Crippen molar-refractivity contribution in [3.05, 3.63) is 55.8 Å². The van der Waals surface area contributed by atoms with Crippen LogP contribution in [0.15, 0.2) is 33.3 Å². The molecule has 0 unspecified atom stereocenters. The van der Waals surface area contributed by atoms with Crippen molar-refractivity contribution in [3.63, 3.8) is 0 Å². The van der Waals surface area contributed by atoms with Gasteiger partial charge in [-0.05, 0) is 25.5 Å². The molecule has 9 heteroatoms. The minimum absolute atomic E-state index is 0.168. The van der Waals surface area contributed by atoms with E-state index in [0.717, 1.165) is 49.0 Å². The Morgan fingerprint density at radius 3 is 2.93 bits per heavy atom. The largest absolute Gasteiger partial charge is 0.346 e. The molecule has 0 aromatic carbocycles. The molecule has 2 atom stereocenters. The quantitative estimate of drug-likeness (QED) is 0.639. The fourth-order valence-electron chi connectivity index (χ4n) is 4.51. The minimum Gasteiger partial charge on any atom is -0.346 e. The Labute approximate surface area is 171 Å². The molecule has 3 aromatic rings. The Morgan fingerprint density at radius 1 is 1.21 bits per heavy atom. The van der Waals surface area contributed by atoms with E-state index in [-0.39, 0.29) is 5.56 Å². The number of fused-ring (bicyclic) bond motifs is 4. The molecule has 3 aromatic heterocycles. The van der Waals surface area contributed by atoms with E-state index >= 15 is 0 Å². The van der Waals surface area contributed by atoms with Crippen molar-refractivity contribution in [1.82, 2.24) is 24.6 Å². The van der Waals surface area contributed by atoms with E-state index < -0.39 is 0 Å². The van der Waals surface area contributed by atoms with Crippen molar-refractivity contribution < 1.29 is 0 Å². The average molecular weight is 415 g/mol. The summed E-state index contributed by atoms with van der Waals surface area (Å²) in [6.07, 6.45) is 1.15. The SMILES string of the molecule is CN(Cc1cscn1)Cc1ccc2n(c1=O)C[C@H]1C[C@@H]2CN(c2nncs2)C1. The zero-order valence-electron chi connectivity index (χ0n) is 15.7. The second-order valence-electron chi connectivity index (χ2n) is 7.78. The molecule has 0 radical (unpaired) electrons. The number of anilines is 1. The van der Waals surface area contributed by atoms with Crippen LogP contribution >= 0.6 is 22.7 Å². The lowest BCUT2D eigenvalue weighted by Gasteiger charge is -2.42. The zero-order valence-corrected chi connectivity index (χ0v) is 17.3. The molecule has 1 fully saturated rings. The van der Waals surface area contributed by atoms with Crippen LogP contribution in [0.4, 0.5) is 5.13 Å². The summed E-state index contributed by atoms with van der Waals surface area (Å²) in [6, 6.07) is 4.19. The summed E-state index contributed by atoms with van der Waals surface area (Å²) in [5.41, 5.74) is 6.88. The van der Waals surface area contributed by atoms with E-state index in [1.165, 1.54) is 5.69 Å². The summed E-state index contributed by atoms with van der Waals surface area (Å²) in [6.45, 7) is 4.05. The van der Waals surface area contributed by atoms with Crippen LogP contribution in [0.1, 0.15) is 29.3 Å². The lowest BCUT2D eigenvalue weighted by Crippen LogP contribution is -2.47. The van der Waals surface area contributed by atoms with E-state index in [9.17, 15) is 4.79 Å². The number of aromatic nitrogens is 4. The molecule has 0 N–H and O–H groups in total. The van der Waals surface area contributed by atoms with Gasteiger partial charge in [-0.2, -0.15) is 0 Å². The second kappa shape index (κ2) is 7.38. The van der Waals surface area contributed by atoms with Gasteiger partial charge in [0.1, 0.15) is 5.51 Å². The van der Waals surface area contributed by atoms with E-state index in [0.29, 0.717) is 18.4 Å². The van der Waals surface area contributed by atoms with Crippen molar-refractivity contribution in [1.29, 1.82) is 0 Å². The molecule has 0 saturated carbocycles. The molecule has 2 bridgehead atoms. The molecule has 0 amide bonds. The fourth-order valence-corrected chi connectivity index (χ4v) is 5.64. The van der Waals surface area contributed by atoms with E-state index in [2.05, 4.69) is 36.4 Å². The van der Waals surface area contributed by atoms with Gasteiger partial charge in [-0.3, -0.25) is 9.69 Å². The van der Waals surface area contributed by atoms with Crippen LogP contribution in [-0.2, 0) is 19.6 Å². The molecular weight excluding hydrogens is 392 g/mol. The smallest absolute Gasteiger partial charge is 0.255 e. The molecule has 0 aliphatic carbocycles. The van der Waals surface area contributed by atoms with Crippen LogP contribution in [0.25, 0.3) is 0 Å². The van der Waals surface area contributed by atoms with Gasteiger partial charge in [0.15, 0.2) is 0 Å². The summed E-state index contributed by atoms with van der Waals surface area (Å²) in [5, 5.41) is 11.3. The third-order valence-corrected chi connectivity index (χ3v) is 7.04. The van der Waals surface area contributed by atoms with Gasteiger partial charge >= 0.3 is 0 Å². The molecule has 2 aliphatic heterocycles. The second-order valence-corrected chi connectivity index (χ2v) is 9.31. The van der Waals surface area contributed by atoms with Crippen molar-refractivity contribution in [3.8, 4) is 0 Å². The van der Waals surface area contributed by atoms with Gasteiger partial charge in [-0.1, -0.05) is 17.4 Å². The Kier molecular flexibility index (Phi) is 4.73. The van der Waals surface area contributed by atoms with Gasteiger partial charge in [0.2, 0.25) is 5.13 Å². The maximum atomic E-state index is 13.2. The average Bonchev–Trinajstić information content (AvgIpc) is 3.38. The Hall–Kier alpha value is -2.10. The first-order valence-corrected chi connectivity index (χ1v) is 11.3. The third-order valence-electron chi connectivity index (χ3n) is 5.66. The first-order chi connectivity index (χ1) is 13.7. The van der Waals surface area contributed by atoms with Crippen LogP contribution in [0.2, 0.25) is 0 Å². The summed E-state index contributed by atoms with van der Waals surface area (Å²) >= 11 is 3.19. The molecule has 28 heavy (non-hydrogen) atoms. The molecule has 1 saturated heterocycles. The van der Waals surface area contributed by atoms with Crippen LogP contribution in [0.3, 0.4) is 0 Å². The molecule has 2 aliphatic rings. The van der Waals surface area contributed by atoms with Gasteiger partial charge in [-0.15, -0.1) is 21.5 Å². The summed E-state index contributed by atoms with van der Waals surface area (Å²) in [4.78, 5) is 22.0. The summed E-state index contributed by atoms with van der Waals surface area (Å²) < 4.78 is 2.03. The van der Waals surface area contributed by atoms with Crippen molar-refractivity contribution in [2.75, 3.05) is 25.0 Å². The highest BCUT2D eigenvalue weighted by Gasteiger charge is 2.35. The molecule has 5 rings (SSSR count). The Morgan fingerprint density at radius 2 is 2.14 bits per heavy atom. The fraction of sp³-hybridized carbons (Fsp3) is 0.474. The monoisotopic (exact) mass is 414 g/mol. The zero-order chi connectivity index (χ0) is 19.1. The number of thiazole rings is 1. The first-order valence-electron chi connectivity index (χ1n) is 9.46. The Balaban J connectivity index is 1.37. The summed E-state index contributed by atoms with van der Waals surface area (Å²) in [5.74, 6) is 0.863. The van der Waals surface area contributed by atoms with Crippen LogP contribution in [0.5, 0.6) is 0 Å². The standard InChI is InChI=1S/C19H22N6OS2/c1-23(9-16-10-27-11-20-16)7-14-2-3-17-15-4-13(6-25(17)18(14)26)5-24(8-15)19-22-21-12-28-19/h2-3,10-13,15H,4-9H2,1H3/t13-,15+/m0/s1. The summed E-state index contributed by atoms with van der Waals surface area (Å²) in [7, 11) is 2.04.